The van der Waals surface area contributed by atoms with Crippen molar-refractivity contribution in [3.63, 3.8) is 0 Å². The molecule has 0 N–H and O–H groups in total. The van der Waals surface area contributed by atoms with Crippen molar-refractivity contribution in [3.8, 4) is 5.75 Å². The van der Waals surface area contributed by atoms with E-state index in [2.05, 4.69) is 58.1 Å². The van der Waals surface area contributed by atoms with Crippen molar-refractivity contribution in [2.45, 2.75) is 45.8 Å². The number of rotatable bonds is 3. The standard InChI is InChI=1S/C15H24OSi/c1-7-9-13-10-8-11-14(12-13)16-17(5,6)15(2,3)4/h7-12H,1-6H3/b9-7+. The van der Waals surface area contributed by atoms with Crippen LogP contribution in [0.15, 0.2) is 30.3 Å². The van der Waals surface area contributed by atoms with Gasteiger partial charge in [-0.1, -0.05) is 45.1 Å². The molecule has 0 radical (unpaired) electrons. The first-order valence-electron chi connectivity index (χ1n) is 6.18. The van der Waals surface area contributed by atoms with Crippen molar-refractivity contribution in [1.29, 1.82) is 0 Å². The van der Waals surface area contributed by atoms with Crippen LogP contribution in [0.4, 0.5) is 0 Å². The van der Waals surface area contributed by atoms with Gasteiger partial charge in [-0.3, -0.25) is 0 Å². The van der Waals surface area contributed by atoms with Gasteiger partial charge >= 0.3 is 0 Å². The Hall–Kier alpha value is -1.02. The van der Waals surface area contributed by atoms with E-state index < -0.39 is 8.32 Å². The molecule has 94 valence electrons. The van der Waals surface area contributed by atoms with Crippen LogP contribution in [0.1, 0.15) is 33.3 Å². The van der Waals surface area contributed by atoms with Gasteiger partial charge < -0.3 is 4.43 Å². The van der Waals surface area contributed by atoms with Crippen molar-refractivity contribution in [1.82, 2.24) is 0 Å². The maximum atomic E-state index is 6.26. The Morgan fingerprint density at radius 1 is 1.18 bits per heavy atom. The fraction of sp³-hybridized carbons (Fsp3) is 0.467. The van der Waals surface area contributed by atoms with Crippen LogP contribution in [0.2, 0.25) is 18.1 Å². The summed E-state index contributed by atoms with van der Waals surface area (Å²) in [6.07, 6.45) is 4.14. The van der Waals surface area contributed by atoms with Crippen molar-refractivity contribution in [2.24, 2.45) is 0 Å². The van der Waals surface area contributed by atoms with E-state index in [-0.39, 0.29) is 5.04 Å². The van der Waals surface area contributed by atoms with Crippen LogP contribution < -0.4 is 4.43 Å². The van der Waals surface area contributed by atoms with E-state index in [9.17, 15) is 0 Å². The zero-order chi connectivity index (χ0) is 13.1. The first-order chi connectivity index (χ1) is 7.76. The van der Waals surface area contributed by atoms with Gasteiger partial charge in [0.05, 0.1) is 0 Å². The van der Waals surface area contributed by atoms with Gasteiger partial charge in [-0.15, -0.1) is 0 Å². The summed E-state index contributed by atoms with van der Waals surface area (Å²) < 4.78 is 6.26. The molecule has 0 aromatic heterocycles. The smallest absolute Gasteiger partial charge is 0.250 e. The summed E-state index contributed by atoms with van der Waals surface area (Å²) in [7, 11) is -1.72. The second-order valence-corrected chi connectivity index (χ2v) is 10.7. The molecule has 0 aliphatic rings. The zero-order valence-electron chi connectivity index (χ0n) is 11.9. The normalized spacial score (nSPS) is 13.1. The Kier molecular flexibility index (Phi) is 4.20. The van der Waals surface area contributed by atoms with E-state index in [1.54, 1.807) is 0 Å². The predicted octanol–water partition coefficient (Wildman–Crippen LogP) is 5.10. The maximum Gasteiger partial charge on any atom is 0.250 e. The average Bonchev–Trinajstić information content (AvgIpc) is 2.16. The third-order valence-corrected chi connectivity index (χ3v) is 7.75. The summed E-state index contributed by atoms with van der Waals surface area (Å²) >= 11 is 0. The van der Waals surface area contributed by atoms with Crippen molar-refractivity contribution in [3.05, 3.63) is 35.9 Å². The van der Waals surface area contributed by atoms with Crippen LogP contribution in [0.3, 0.4) is 0 Å². The molecule has 1 aromatic carbocycles. The SMILES string of the molecule is C/C=C/c1cccc(O[Si](C)(C)C(C)(C)C)c1. The zero-order valence-corrected chi connectivity index (χ0v) is 12.9. The van der Waals surface area contributed by atoms with Gasteiger partial charge in [0.2, 0.25) is 8.32 Å². The molecule has 1 nitrogen and oxygen atoms in total. The minimum atomic E-state index is -1.72. The Balaban J connectivity index is 2.92. The fourth-order valence-corrected chi connectivity index (χ4v) is 2.34. The summed E-state index contributed by atoms with van der Waals surface area (Å²) in [6.45, 7) is 13.4. The molecule has 0 bridgehead atoms. The van der Waals surface area contributed by atoms with E-state index in [0.717, 1.165) is 5.75 Å². The molecule has 1 rings (SSSR count). The third-order valence-electron chi connectivity index (χ3n) is 3.40. The molecular weight excluding hydrogens is 224 g/mol. The number of allylic oxidation sites excluding steroid dienone is 1. The second-order valence-electron chi connectivity index (χ2n) is 5.93. The highest BCUT2D eigenvalue weighted by Gasteiger charge is 2.38. The van der Waals surface area contributed by atoms with E-state index >= 15 is 0 Å². The predicted molar refractivity (Wildman–Crippen MR) is 79.0 cm³/mol. The Morgan fingerprint density at radius 2 is 1.82 bits per heavy atom. The van der Waals surface area contributed by atoms with Crippen LogP contribution in [0.5, 0.6) is 5.75 Å². The first-order valence-corrected chi connectivity index (χ1v) is 9.09. The van der Waals surface area contributed by atoms with Gasteiger partial charge in [0.1, 0.15) is 5.75 Å². The summed E-state index contributed by atoms with van der Waals surface area (Å²) in [6, 6.07) is 8.31. The van der Waals surface area contributed by atoms with Crippen LogP contribution in [0, 0.1) is 0 Å². The van der Waals surface area contributed by atoms with Crippen LogP contribution in [-0.2, 0) is 0 Å². The molecule has 0 unspecified atom stereocenters. The first kappa shape index (κ1) is 14.0. The van der Waals surface area contributed by atoms with Gasteiger partial charge in [-0.05, 0) is 42.8 Å². The molecule has 2 heteroatoms. The molecule has 0 saturated heterocycles. The lowest BCUT2D eigenvalue weighted by atomic mass is 10.2. The Morgan fingerprint density at radius 3 is 2.35 bits per heavy atom. The molecule has 0 saturated carbocycles. The van der Waals surface area contributed by atoms with Gasteiger partial charge in [0, 0.05) is 0 Å². The lowest BCUT2D eigenvalue weighted by molar-refractivity contribution is 0.492. The van der Waals surface area contributed by atoms with E-state index in [4.69, 9.17) is 4.43 Å². The number of hydrogen-bond donors (Lipinski definition) is 0. The molecule has 1 aromatic rings. The van der Waals surface area contributed by atoms with Crippen LogP contribution >= 0.6 is 0 Å². The monoisotopic (exact) mass is 248 g/mol. The van der Waals surface area contributed by atoms with Crippen LogP contribution in [0.25, 0.3) is 6.08 Å². The van der Waals surface area contributed by atoms with E-state index in [1.165, 1.54) is 5.56 Å². The van der Waals surface area contributed by atoms with Gasteiger partial charge in [0.15, 0.2) is 0 Å². The van der Waals surface area contributed by atoms with Crippen LogP contribution in [-0.4, -0.2) is 8.32 Å². The topological polar surface area (TPSA) is 9.23 Å². The van der Waals surface area contributed by atoms with Crippen molar-refractivity contribution >= 4 is 14.4 Å². The number of hydrogen-bond acceptors (Lipinski definition) is 1. The lowest BCUT2D eigenvalue weighted by Gasteiger charge is -2.36. The minimum absolute atomic E-state index is 0.240. The highest BCUT2D eigenvalue weighted by molar-refractivity contribution is 6.74. The molecule has 0 atom stereocenters. The average molecular weight is 248 g/mol. The van der Waals surface area contributed by atoms with Crippen molar-refractivity contribution in [2.75, 3.05) is 0 Å². The summed E-state index contributed by atoms with van der Waals surface area (Å²) in [5.74, 6) is 0.993. The summed E-state index contributed by atoms with van der Waals surface area (Å²) in [5, 5.41) is 0.240. The lowest BCUT2D eigenvalue weighted by Crippen LogP contribution is -2.43. The molecule has 17 heavy (non-hydrogen) atoms. The fourth-order valence-electron chi connectivity index (χ4n) is 1.32. The van der Waals surface area contributed by atoms with E-state index in [1.807, 2.05) is 19.1 Å². The summed E-state index contributed by atoms with van der Waals surface area (Å²) in [4.78, 5) is 0. The quantitative estimate of drug-likeness (QED) is 0.676. The second kappa shape index (κ2) is 5.09. The Bertz CT molecular complexity index is 400. The molecule has 0 aliphatic carbocycles. The highest BCUT2D eigenvalue weighted by Crippen LogP contribution is 2.37. The largest absolute Gasteiger partial charge is 0.543 e. The summed E-state index contributed by atoms with van der Waals surface area (Å²) in [5.41, 5.74) is 1.20. The molecule has 0 amide bonds. The minimum Gasteiger partial charge on any atom is -0.543 e. The number of benzene rings is 1. The maximum absolute atomic E-state index is 6.26. The van der Waals surface area contributed by atoms with Gasteiger partial charge in [0.25, 0.3) is 0 Å². The molecule has 0 heterocycles. The highest BCUT2D eigenvalue weighted by atomic mass is 28.4. The van der Waals surface area contributed by atoms with E-state index in [0.29, 0.717) is 0 Å². The molecule has 0 aliphatic heterocycles. The molecule has 0 spiro atoms. The van der Waals surface area contributed by atoms with Gasteiger partial charge in [-0.25, -0.2) is 0 Å². The van der Waals surface area contributed by atoms with Gasteiger partial charge in [-0.2, -0.15) is 0 Å². The molecule has 0 fully saturated rings. The Labute approximate surface area is 107 Å². The molecular formula is C15H24OSi. The van der Waals surface area contributed by atoms with Crippen molar-refractivity contribution < 1.29 is 4.43 Å². The third kappa shape index (κ3) is 3.74.